The molecule has 31 heavy (non-hydrogen) atoms. The molecule has 0 aliphatic carbocycles. The number of carbonyl (C=O) groups excluding carboxylic acids is 1. The van der Waals surface area contributed by atoms with E-state index >= 15 is 0 Å². The third kappa shape index (κ3) is 5.44. The van der Waals surface area contributed by atoms with E-state index in [0.717, 1.165) is 29.7 Å². The molecule has 2 heterocycles. The summed E-state index contributed by atoms with van der Waals surface area (Å²) < 4.78 is 18.6. The fourth-order valence-corrected chi connectivity index (χ4v) is 5.37. The van der Waals surface area contributed by atoms with Crippen LogP contribution in [0.15, 0.2) is 12.1 Å². The van der Waals surface area contributed by atoms with Crippen LogP contribution in [0.1, 0.15) is 65.5 Å². The highest BCUT2D eigenvalue weighted by molar-refractivity contribution is 6.48. The number of rotatable bonds is 3. The highest BCUT2D eigenvalue weighted by Crippen LogP contribution is 2.43. The molecule has 1 N–H and O–H groups in total. The zero-order valence-electron chi connectivity index (χ0n) is 20.2. The van der Waals surface area contributed by atoms with Gasteiger partial charge in [0.2, 0.25) is 9.04 Å². The lowest BCUT2D eigenvalue weighted by atomic mass is 9.82. The average Bonchev–Trinajstić information content (AvgIpc) is 2.62. The van der Waals surface area contributed by atoms with Gasteiger partial charge in [-0.3, -0.25) is 4.90 Å². The molecule has 0 spiro atoms. The van der Waals surface area contributed by atoms with Gasteiger partial charge in [0.15, 0.2) is 0 Å². The molecule has 173 valence electrons. The van der Waals surface area contributed by atoms with Crippen LogP contribution in [0, 0.1) is 5.41 Å². The molecule has 1 amide bonds. The number of fused-ring (bicyclic) bond motifs is 3. The first kappa shape index (κ1) is 24.1. The van der Waals surface area contributed by atoms with Crippen LogP contribution in [-0.4, -0.2) is 44.3 Å². The van der Waals surface area contributed by atoms with Gasteiger partial charge in [-0.05, 0) is 76.6 Å². The Hall–Kier alpha value is -1.57. The third-order valence-corrected chi connectivity index (χ3v) is 6.36. The zero-order chi connectivity index (χ0) is 23.1. The number of aliphatic hydroxyl groups excluding tert-OH is 1. The third-order valence-electron chi connectivity index (χ3n) is 5.64. The minimum absolute atomic E-state index is 0.00321. The number of benzene rings is 1. The van der Waals surface area contributed by atoms with Gasteiger partial charge in [-0.2, -0.15) is 0 Å². The van der Waals surface area contributed by atoms with Crippen LogP contribution in [0.25, 0.3) is 0 Å². The molecule has 0 bridgehead atoms. The molecule has 0 saturated heterocycles. The molecule has 7 heteroatoms. The van der Waals surface area contributed by atoms with Crippen molar-refractivity contribution in [3.63, 3.8) is 0 Å². The van der Waals surface area contributed by atoms with Gasteiger partial charge in [0, 0.05) is 5.56 Å². The summed E-state index contributed by atoms with van der Waals surface area (Å²) >= 11 is 0. The van der Waals surface area contributed by atoms with Crippen molar-refractivity contribution in [3.05, 3.63) is 23.3 Å². The molecule has 1 radical (unpaired) electrons. The highest BCUT2D eigenvalue weighted by Gasteiger charge is 2.40. The molecular weight excluding hydrogens is 410 g/mol. The fraction of sp³-hybridized carbons (Fsp3) is 0.708. The maximum Gasteiger partial charge on any atom is 0.416 e. The second-order valence-corrected chi connectivity index (χ2v) is 13.0. The monoisotopic (exact) mass is 448 g/mol. The van der Waals surface area contributed by atoms with Crippen LogP contribution in [0.3, 0.4) is 0 Å². The van der Waals surface area contributed by atoms with Gasteiger partial charge >= 0.3 is 6.09 Å². The first-order valence-electron chi connectivity index (χ1n) is 11.3. The summed E-state index contributed by atoms with van der Waals surface area (Å²) in [6.07, 6.45) is 1.44. The summed E-state index contributed by atoms with van der Waals surface area (Å²) in [5, 5.41) is 10.6. The molecular formula is C24H38NO5Si. The summed E-state index contributed by atoms with van der Waals surface area (Å²) in [5.74, 6) is 0.855. The lowest BCUT2D eigenvalue weighted by Crippen LogP contribution is -2.48. The molecule has 2 aliphatic heterocycles. The van der Waals surface area contributed by atoms with E-state index in [2.05, 4.69) is 33.9 Å². The number of aryl methyl sites for hydroxylation is 1. The van der Waals surface area contributed by atoms with Crippen LogP contribution in [0.5, 0.6) is 5.75 Å². The van der Waals surface area contributed by atoms with E-state index < -0.39 is 27.0 Å². The van der Waals surface area contributed by atoms with E-state index in [4.69, 9.17) is 13.9 Å². The lowest BCUT2D eigenvalue weighted by molar-refractivity contribution is -0.0244. The molecule has 6 nitrogen and oxygen atoms in total. The van der Waals surface area contributed by atoms with E-state index in [9.17, 15) is 9.90 Å². The van der Waals surface area contributed by atoms with Crippen molar-refractivity contribution in [1.82, 2.24) is 0 Å². The van der Waals surface area contributed by atoms with Gasteiger partial charge in [-0.15, -0.1) is 0 Å². The number of anilines is 1. The lowest BCUT2D eigenvalue weighted by Gasteiger charge is -2.42. The van der Waals surface area contributed by atoms with Gasteiger partial charge in [-0.1, -0.05) is 26.8 Å². The van der Waals surface area contributed by atoms with Gasteiger partial charge in [0.05, 0.1) is 11.8 Å². The van der Waals surface area contributed by atoms with Crippen LogP contribution in [0.2, 0.25) is 13.1 Å². The fourth-order valence-electron chi connectivity index (χ4n) is 4.36. The van der Waals surface area contributed by atoms with E-state index in [0.29, 0.717) is 18.5 Å². The topological polar surface area (TPSA) is 68.2 Å². The molecule has 3 rings (SSSR count). The van der Waals surface area contributed by atoms with E-state index in [1.165, 1.54) is 4.90 Å². The number of hydrogen-bond acceptors (Lipinski definition) is 5. The van der Waals surface area contributed by atoms with Crippen molar-refractivity contribution >= 4 is 20.8 Å². The Morgan fingerprint density at radius 1 is 1.16 bits per heavy atom. The average molecular weight is 449 g/mol. The van der Waals surface area contributed by atoms with Gasteiger partial charge < -0.3 is 19.0 Å². The van der Waals surface area contributed by atoms with Crippen molar-refractivity contribution in [1.29, 1.82) is 0 Å². The maximum absolute atomic E-state index is 12.9. The van der Waals surface area contributed by atoms with E-state index in [1.807, 2.05) is 32.9 Å². The minimum atomic E-state index is -0.907. The summed E-state index contributed by atoms with van der Waals surface area (Å²) in [7, 11) is -0.884. The second kappa shape index (κ2) is 8.75. The normalized spacial score (nSPS) is 22.5. The molecule has 2 unspecified atom stereocenters. The molecule has 2 aliphatic rings. The quantitative estimate of drug-likeness (QED) is 0.654. The Balaban J connectivity index is 1.95. The second-order valence-electron chi connectivity index (χ2n) is 10.9. The Labute approximate surface area is 188 Å². The van der Waals surface area contributed by atoms with Crippen molar-refractivity contribution in [2.45, 2.75) is 104 Å². The first-order valence-corrected chi connectivity index (χ1v) is 13.7. The summed E-state index contributed by atoms with van der Waals surface area (Å²) in [4.78, 5) is 14.2. The highest BCUT2D eigenvalue weighted by atomic mass is 28.3. The van der Waals surface area contributed by atoms with Gasteiger partial charge in [0.1, 0.15) is 23.7 Å². The Bertz CT molecular complexity index is 811. The van der Waals surface area contributed by atoms with E-state index in [-0.39, 0.29) is 17.6 Å². The van der Waals surface area contributed by atoms with E-state index in [1.54, 1.807) is 0 Å². The van der Waals surface area contributed by atoms with Crippen LogP contribution < -0.4 is 9.64 Å². The number of hydrogen-bond donors (Lipinski definition) is 1. The summed E-state index contributed by atoms with van der Waals surface area (Å²) in [5.41, 5.74) is 2.13. The molecule has 0 aromatic heterocycles. The van der Waals surface area contributed by atoms with Gasteiger partial charge in [-0.25, -0.2) is 4.79 Å². The molecule has 1 aromatic rings. The molecule has 0 fully saturated rings. The SMILES string of the molecule is C[Si](C)OC([C@H]1CCc2ccc3c(c2O1)CCC(O)N3C(=O)OC(C)(C)C)C(C)(C)C. The Morgan fingerprint density at radius 2 is 1.84 bits per heavy atom. The standard InChI is InChI=1S/C24H38NO5Si/c1-23(2,3)21(30-31(7)8)18-13-10-15-9-12-17-16(20(15)28-18)11-14-19(26)25(17)22(27)29-24(4,5)6/h9,12,18-19,21,26H,10-11,13-14H2,1-8H3/t18-,19?,21?/m1/s1. The molecule has 1 aromatic carbocycles. The van der Waals surface area contributed by atoms with Gasteiger partial charge in [0.25, 0.3) is 0 Å². The van der Waals surface area contributed by atoms with Crippen molar-refractivity contribution < 1.29 is 23.8 Å². The summed E-state index contributed by atoms with van der Waals surface area (Å²) in [6.45, 7) is 16.4. The van der Waals surface area contributed by atoms with Crippen LogP contribution in [0.4, 0.5) is 10.5 Å². The number of nitrogens with zero attached hydrogens (tertiary/aromatic N) is 1. The minimum Gasteiger partial charge on any atom is -0.487 e. The largest absolute Gasteiger partial charge is 0.487 e. The summed E-state index contributed by atoms with van der Waals surface area (Å²) in [6, 6.07) is 3.93. The Kier molecular flexibility index (Phi) is 6.80. The smallest absolute Gasteiger partial charge is 0.416 e. The maximum atomic E-state index is 12.9. The zero-order valence-corrected chi connectivity index (χ0v) is 21.2. The Morgan fingerprint density at radius 3 is 2.42 bits per heavy atom. The number of amides is 1. The van der Waals surface area contributed by atoms with Crippen molar-refractivity contribution in [2.75, 3.05) is 4.90 Å². The number of ether oxygens (including phenoxy) is 2. The first-order chi connectivity index (χ1) is 14.3. The predicted molar refractivity (Wildman–Crippen MR) is 124 cm³/mol. The van der Waals surface area contributed by atoms with Crippen LogP contribution >= 0.6 is 0 Å². The molecule has 3 atom stereocenters. The molecule has 0 saturated carbocycles. The number of carbonyl (C=O) groups is 1. The van der Waals surface area contributed by atoms with Crippen LogP contribution in [-0.2, 0) is 22.0 Å². The number of aliphatic hydroxyl groups is 1. The van der Waals surface area contributed by atoms with Crippen molar-refractivity contribution in [3.8, 4) is 5.75 Å². The van der Waals surface area contributed by atoms with Crippen molar-refractivity contribution in [2.24, 2.45) is 5.41 Å². The predicted octanol–water partition coefficient (Wildman–Crippen LogP) is 5.07.